The summed E-state index contributed by atoms with van der Waals surface area (Å²) < 4.78 is 1.34. The lowest BCUT2D eigenvalue weighted by atomic mass is 10.2. The van der Waals surface area contributed by atoms with Crippen molar-refractivity contribution in [2.24, 2.45) is 7.05 Å². The second kappa shape index (κ2) is 6.26. The number of nitro benzene ring substituents is 1. The van der Waals surface area contributed by atoms with Crippen molar-refractivity contribution >= 4 is 50.4 Å². The number of benzene rings is 1. The fraction of sp³-hybridized carbons (Fsp3) is 0.133. The molecular weight excluding hydrogens is 368 g/mol. The maximum atomic E-state index is 12.5. The largest absolute Gasteiger partial charge is 0.321 e. The third-order valence-electron chi connectivity index (χ3n) is 3.62. The van der Waals surface area contributed by atoms with Crippen molar-refractivity contribution in [3.8, 4) is 0 Å². The molecule has 0 saturated heterocycles. The number of aromatic nitrogens is 2. The number of nitrogens with zero attached hydrogens (tertiary/aromatic N) is 3. The summed E-state index contributed by atoms with van der Waals surface area (Å²) in [6, 6.07) is 3.98. The third-order valence-corrected chi connectivity index (χ3v) is 5.14. The molecule has 0 aliphatic rings. The lowest BCUT2D eigenvalue weighted by molar-refractivity contribution is -0.384. The van der Waals surface area contributed by atoms with Crippen LogP contribution in [0.1, 0.15) is 15.2 Å². The first-order valence-corrected chi connectivity index (χ1v) is 8.19. The molecule has 3 rings (SSSR count). The number of fused-ring (bicyclic) bond motifs is 1. The van der Waals surface area contributed by atoms with Crippen LogP contribution in [0.25, 0.3) is 10.2 Å². The first-order chi connectivity index (χ1) is 11.8. The molecule has 2 aromatic heterocycles. The smallest absolute Gasteiger partial charge is 0.289 e. The van der Waals surface area contributed by atoms with Gasteiger partial charge < -0.3 is 9.88 Å². The molecule has 2 heterocycles. The number of nitrogens with one attached hydrogen (secondary N) is 1. The molecule has 3 aromatic rings. The van der Waals surface area contributed by atoms with Crippen molar-refractivity contribution in [1.29, 1.82) is 0 Å². The number of halogens is 1. The van der Waals surface area contributed by atoms with Gasteiger partial charge in [-0.05, 0) is 24.6 Å². The molecular formula is C15H11ClN4O4S. The standard InChI is InChI=1S/C15H11ClN4O4S/c1-7-11-14(17-6-19(2)15(11)22)25-12(7)13(21)18-8-3-4-9(16)10(5-8)20(23)24/h3-6H,1-2H3,(H,18,21). The maximum absolute atomic E-state index is 12.5. The van der Waals surface area contributed by atoms with Gasteiger partial charge in [0.25, 0.3) is 17.2 Å². The van der Waals surface area contributed by atoms with Gasteiger partial charge in [-0.3, -0.25) is 19.7 Å². The van der Waals surface area contributed by atoms with Crippen molar-refractivity contribution < 1.29 is 9.72 Å². The van der Waals surface area contributed by atoms with Gasteiger partial charge >= 0.3 is 0 Å². The van der Waals surface area contributed by atoms with Crippen LogP contribution in [0.5, 0.6) is 0 Å². The van der Waals surface area contributed by atoms with E-state index >= 15 is 0 Å². The first kappa shape index (κ1) is 17.1. The highest BCUT2D eigenvalue weighted by Crippen LogP contribution is 2.30. The Hall–Kier alpha value is -2.78. The highest BCUT2D eigenvalue weighted by Gasteiger charge is 2.20. The lowest BCUT2D eigenvalue weighted by Gasteiger charge is -2.05. The van der Waals surface area contributed by atoms with E-state index in [2.05, 4.69) is 10.3 Å². The predicted octanol–water partition coefficient (Wildman–Crippen LogP) is 3.12. The van der Waals surface area contributed by atoms with Crippen molar-refractivity contribution in [2.75, 3.05) is 5.32 Å². The number of nitro groups is 1. The minimum absolute atomic E-state index is 0.0197. The van der Waals surface area contributed by atoms with Crippen LogP contribution in [0.3, 0.4) is 0 Å². The van der Waals surface area contributed by atoms with Crippen LogP contribution in [0.4, 0.5) is 11.4 Å². The van der Waals surface area contributed by atoms with E-state index in [4.69, 9.17) is 11.6 Å². The summed E-state index contributed by atoms with van der Waals surface area (Å²) in [5, 5.41) is 13.9. The molecule has 8 nitrogen and oxygen atoms in total. The van der Waals surface area contributed by atoms with E-state index in [9.17, 15) is 19.7 Å². The summed E-state index contributed by atoms with van der Waals surface area (Å²) >= 11 is 6.85. The van der Waals surface area contributed by atoms with Crippen molar-refractivity contribution in [2.45, 2.75) is 6.92 Å². The van der Waals surface area contributed by atoms with Crippen LogP contribution in [0.15, 0.2) is 29.3 Å². The van der Waals surface area contributed by atoms with E-state index in [0.29, 0.717) is 20.7 Å². The highest BCUT2D eigenvalue weighted by molar-refractivity contribution is 7.20. The van der Waals surface area contributed by atoms with Gasteiger partial charge in [-0.15, -0.1) is 11.3 Å². The summed E-state index contributed by atoms with van der Waals surface area (Å²) in [7, 11) is 1.58. The second-order valence-corrected chi connectivity index (χ2v) is 6.68. The molecule has 0 aliphatic carbocycles. The molecule has 1 N–H and O–H groups in total. The number of carbonyl (C=O) groups excluding carboxylic acids is 1. The Morgan fingerprint density at radius 1 is 1.44 bits per heavy atom. The summed E-state index contributed by atoms with van der Waals surface area (Å²) in [6.07, 6.45) is 1.39. The van der Waals surface area contributed by atoms with E-state index in [1.54, 1.807) is 14.0 Å². The summed E-state index contributed by atoms with van der Waals surface area (Å²) in [5.74, 6) is -0.473. The van der Waals surface area contributed by atoms with E-state index in [1.165, 1.54) is 29.1 Å². The number of amides is 1. The van der Waals surface area contributed by atoms with Crippen LogP contribution in [0.2, 0.25) is 5.02 Å². The normalized spacial score (nSPS) is 10.8. The number of anilines is 1. The molecule has 25 heavy (non-hydrogen) atoms. The molecule has 0 unspecified atom stereocenters. The van der Waals surface area contributed by atoms with Crippen molar-refractivity contribution in [3.63, 3.8) is 0 Å². The molecule has 0 radical (unpaired) electrons. The van der Waals surface area contributed by atoms with Crippen LogP contribution < -0.4 is 10.9 Å². The average molecular weight is 379 g/mol. The Kier molecular flexibility index (Phi) is 4.27. The van der Waals surface area contributed by atoms with Gasteiger partial charge in [-0.1, -0.05) is 11.6 Å². The quantitative estimate of drug-likeness (QED) is 0.556. The van der Waals surface area contributed by atoms with Crippen LogP contribution >= 0.6 is 22.9 Å². The van der Waals surface area contributed by atoms with E-state index in [0.717, 1.165) is 11.3 Å². The molecule has 0 saturated carbocycles. The molecule has 128 valence electrons. The van der Waals surface area contributed by atoms with Gasteiger partial charge in [0, 0.05) is 18.8 Å². The molecule has 0 fully saturated rings. The maximum Gasteiger partial charge on any atom is 0.289 e. The number of thiophene rings is 1. The molecule has 10 heteroatoms. The van der Waals surface area contributed by atoms with Gasteiger partial charge in [0.15, 0.2) is 0 Å². The van der Waals surface area contributed by atoms with Crippen LogP contribution in [0, 0.1) is 17.0 Å². The number of hydrogen-bond acceptors (Lipinski definition) is 6. The van der Waals surface area contributed by atoms with E-state index in [1.807, 2.05) is 0 Å². The Balaban J connectivity index is 2.00. The molecule has 0 aliphatic heterocycles. The van der Waals surface area contributed by atoms with E-state index < -0.39 is 10.8 Å². The molecule has 0 spiro atoms. The Labute approximate surface area is 149 Å². The topological polar surface area (TPSA) is 107 Å². The average Bonchev–Trinajstić information content (AvgIpc) is 2.90. The van der Waals surface area contributed by atoms with Gasteiger partial charge in [-0.25, -0.2) is 4.98 Å². The summed E-state index contributed by atoms with van der Waals surface area (Å²) in [5.41, 5.74) is 0.219. The second-order valence-electron chi connectivity index (χ2n) is 5.27. The number of rotatable bonds is 3. The van der Waals surface area contributed by atoms with Gasteiger partial charge in [0.2, 0.25) is 0 Å². The number of hydrogen-bond donors (Lipinski definition) is 1. The Bertz CT molecular complexity index is 1090. The fourth-order valence-electron chi connectivity index (χ4n) is 2.34. The first-order valence-electron chi connectivity index (χ1n) is 6.99. The third kappa shape index (κ3) is 2.99. The minimum Gasteiger partial charge on any atom is -0.321 e. The zero-order chi connectivity index (χ0) is 18.3. The molecule has 0 atom stereocenters. The lowest BCUT2D eigenvalue weighted by Crippen LogP contribution is -2.17. The highest BCUT2D eigenvalue weighted by atomic mass is 35.5. The van der Waals surface area contributed by atoms with Gasteiger partial charge in [0.05, 0.1) is 21.5 Å². The predicted molar refractivity (Wildman–Crippen MR) is 95.7 cm³/mol. The number of aryl methyl sites for hydroxylation is 2. The summed E-state index contributed by atoms with van der Waals surface area (Å²) in [6.45, 7) is 1.67. The Morgan fingerprint density at radius 3 is 2.84 bits per heavy atom. The van der Waals surface area contributed by atoms with Crippen molar-refractivity contribution in [1.82, 2.24) is 9.55 Å². The molecule has 0 bridgehead atoms. The summed E-state index contributed by atoms with van der Waals surface area (Å²) in [4.78, 5) is 40.0. The SMILES string of the molecule is Cc1c(C(=O)Nc2ccc(Cl)c([N+](=O)[O-])c2)sc2ncn(C)c(=O)c12. The van der Waals surface area contributed by atoms with Gasteiger partial charge in [-0.2, -0.15) is 0 Å². The van der Waals surface area contributed by atoms with Crippen LogP contribution in [-0.4, -0.2) is 20.4 Å². The zero-order valence-corrected chi connectivity index (χ0v) is 14.6. The minimum atomic E-state index is -0.629. The fourth-order valence-corrected chi connectivity index (χ4v) is 3.56. The van der Waals surface area contributed by atoms with Crippen LogP contribution in [-0.2, 0) is 7.05 Å². The monoisotopic (exact) mass is 378 g/mol. The molecule has 1 aromatic carbocycles. The Morgan fingerprint density at radius 2 is 2.16 bits per heavy atom. The van der Waals surface area contributed by atoms with Gasteiger partial charge in [0.1, 0.15) is 9.85 Å². The zero-order valence-electron chi connectivity index (χ0n) is 13.1. The van der Waals surface area contributed by atoms with E-state index in [-0.39, 0.29) is 22.0 Å². The van der Waals surface area contributed by atoms with Crippen molar-refractivity contribution in [3.05, 3.63) is 60.5 Å². The number of carbonyl (C=O) groups is 1. The molecule has 1 amide bonds.